The third kappa shape index (κ3) is 4.10. The van der Waals surface area contributed by atoms with Crippen molar-refractivity contribution in [3.63, 3.8) is 0 Å². The zero-order valence-corrected chi connectivity index (χ0v) is 26.3. The van der Waals surface area contributed by atoms with Crippen LogP contribution in [-0.4, -0.2) is 0 Å². The highest BCUT2D eigenvalue weighted by Crippen LogP contribution is 2.45. The predicted molar refractivity (Wildman–Crippen MR) is 208 cm³/mol. The Labute approximate surface area is 279 Å². The maximum absolute atomic E-state index is 2.41. The Bertz CT molecular complexity index is 2820. The second-order valence-corrected chi connectivity index (χ2v) is 12.8. The first kappa shape index (κ1) is 26.9. The average Bonchev–Trinajstić information content (AvgIpc) is 3.16. The molecule has 0 amide bonds. The van der Waals surface area contributed by atoms with Crippen LogP contribution in [0.15, 0.2) is 182 Å². The summed E-state index contributed by atoms with van der Waals surface area (Å²) in [4.78, 5) is 0. The van der Waals surface area contributed by atoms with Crippen molar-refractivity contribution in [3.05, 3.63) is 182 Å². The minimum absolute atomic E-state index is 1.23. The fourth-order valence-electron chi connectivity index (χ4n) is 8.05. The lowest BCUT2D eigenvalue weighted by Gasteiger charge is -2.19. The molecule has 10 aromatic carbocycles. The average molecular weight is 607 g/mol. The Morgan fingerprint density at radius 1 is 0.229 bits per heavy atom. The van der Waals surface area contributed by atoms with E-state index >= 15 is 0 Å². The van der Waals surface area contributed by atoms with Gasteiger partial charge in [0.05, 0.1) is 0 Å². The summed E-state index contributed by atoms with van der Waals surface area (Å²) in [6, 6.07) is 67.1. The van der Waals surface area contributed by atoms with Gasteiger partial charge in [0.25, 0.3) is 0 Å². The largest absolute Gasteiger partial charge is 0.0616 e. The maximum atomic E-state index is 2.41. The van der Waals surface area contributed by atoms with Crippen molar-refractivity contribution in [3.8, 4) is 33.4 Å². The summed E-state index contributed by atoms with van der Waals surface area (Å²) in [5.74, 6) is 0. The van der Waals surface area contributed by atoms with Gasteiger partial charge in [0, 0.05) is 0 Å². The summed E-state index contributed by atoms with van der Waals surface area (Å²) in [5.41, 5.74) is 7.54. The highest BCUT2D eigenvalue weighted by atomic mass is 14.2. The fourth-order valence-corrected chi connectivity index (χ4v) is 8.05. The first-order chi connectivity index (χ1) is 23.8. The molecule has 222 valence electrons. The van der Waals surface area contributed by atoms with E-state index in [2.05, 4.69) is 182 Å². The molecule has 0 aliphatic carbocycles. The third-order valence-corrected chi connectivity index (χ3v) is 10.2. The van der Waals surface area contributed by atoms with E-state index in [1.54, 1.807) is 0 Å². The number of benzene rings is 10. The molecule has 0 aliphatic rings. The molecule has 0 aromatic heterocycles. The van der Waals surface area contributed by atoms with Crippen LogP contribution < -0.4 is 0 Å². The third-order valence-electron chi connectivity index (χ3n) is 10.2. The number of hydrogen-bond acceptors (Lipinski definition) is 0. The summed E-state index contributed by atoms with van der Waals surface area (Å²) in [7, 11) is 0. The maximum Gasteiger partial charge on any atom is -0.00206 e. The SMILES string of the molecule is c1cc(-c2c3ccccc3c(-c3ccc4ccccc4c3)c3ccccc23)cc(-c2cc3ccccc3c3c2ccc2ccccc23)c1. The van der Waals surface area contributed by atoms with Crippen molar-refractivity contribution in [1.82, 2.24) is 0 Å². The summed E-state index contributed by atoms with van der Waals surface area (Å²) >= 11 is 0. The first-order valence-electron chi connectivity index (χ1n) is 16.7. The van der Waals surface area contributed by atoms with E-state index < -0.39 is 0 Å². The van der Waals surface area contributed by atoms with Gasteiger partial charge in [-0.2, -0.15) is 0 Å². The molecule has 0 heterocycles. The van der Waals surface area contributed by atoms with Crippen LogP contribution in [0.3, 0.4) is 0 Å². The molecule has 0 N–H and O–H groups in total. The van der Waals surface area contributed by atoms with Crippen LogP contribution in [0.1, 0.15) is 0 Å². The molecular weight excluding hydrogens is 577 g/mol. The standard InChI is InChI=1S/C48H30/c1-2-14-33-28-37(25-24-31(33)12-1)47-42-22-9-7-20-40(42)46(41-21-8-10-23-43(41)47)36-17-11-16-34(29-36)45-30-35-15-4-6-19-39(35)48-38-18-5-3-13-32(38)26-27-44(45)48/h1-30H. The van der Waals surface area contributed by atoms with Gasteiger partial charge in [-0.15, -0.1) is 0 Å². The van der Waals surface area contributed by atoms with Gasteiger partial charge in [-0.05, 0) is 116 Å². The topological polar surface area (TPSA) is 0 Å². The number of fused-ring (bicyclic) bond motifs is 8. The van der Waals surface area contributed by atoms with Gasteiger partial charge in [0.2, 0.25) is 0 Å². The normalized spacial score (nSPS) is 11.8. The van der Waals surface area contributed by atoms with E-state index in [-0.39, 0.29) is 0 Å². The Morgan fingerprint density at radius 2 is 0.708 bits per heavy atom. The molecule has 0 fully saturated rings. The minimum atomic E-state index is 1.23. The smallest absolute Gasteiger partial charge is 0.00206 e. The Morgan fingerprint density at radius 3 is 1.38 bits per heavy atom. The summed E-state index contributed by atoms with van der Waals surface area (Å²) in [6.07, 6.45) is 0. The van der Waals surface area contributed by atoms with Crippen molar-refractivity contribution >= 4 is 64.6 Å². The molecule has 0 saturated carbocycles. The van der Waals surface area contributed by atoms with Gasteiger partial charge in [-0.3, -0.25) is 0 Å². The van der Waals surface area contributed by atoms with Gasteiger partial charge in [0.15, 0.2) is 0 Å². The Balaban J connectivity index is 1.25. The van der Waals surface area contributed by atoms with Crippen molar-refractivity contribution in [2.75, 3.05) is 0 Å². The lowest BCUT2D eigenvalue weighted by molar-refractivity contribution is 1.64. The van der Waals surface area contributed by atoms with Gasteiger partial charge in [-0.1, -0.05) is 164 Å². The van der Waals surface area contributed by atoms with Gasteiger partial charge in [0.1, 0.15) is 0 Å². The second-order valence-electron chi connectivity index (χ2n) is 12.8. The molecule has 10 rings (SSSR count). The monoisotopic (exact) mass is 606 g/mol. The molecule has 0 unspecified atom stereocenters. The Hall–Kier alpha value is -6.24. The zero-order chi connectivity index (χ0) is 31.6. The van der Waals surface area contributed by atoms with E-state index in [0.717, 1.165) is 0 Å². The summed E-state index contributed by atoms with van der Waals surface area (Å²) in [6.45, 7) is 0. The Kier molecular flexibility index (Phi) is 5.98. The highest BCUT2D eigenvalue weighted by molar-refractivity contribution is 6.25. The molecule has 0 nitrogen and oxygen atoms in total. The molecule has 48 heavy (non-hydrogen) atoms. The fraction of sp³-hybridized carbons (Fsp3) is 0. The molecule has 0 heteroatoms. The van der Waals surface area contributed by atoms with Crippen molar-refractivity contribution < 1.29 is 0 Å². The van der Waals surface area contributed by atoms with Gasteiger partial charge < -0.3 is 0 Å². The minimum Gasteiger partial charge on any atom is -0.0616 e. The zero-order valence-electron chi connectivity index (χ0n) is 26.3. The van der Waals surface area contributed by atoms with Gasteiger partial charge >= 0.3 is 0 Å². The van der Waals surface area contributed by atoms with Crippen LogP contribution in [0.2, 0.25) is 0 Å². The van der Waals surface area contributed by atoms with E-state index in [4.69, 9.17) is 0 Å². The van der Waals surface area contributed by atoms with Crippen molar-refractivity contribution in [2.24, 2.45) is 0 Å². The van der Waals surface area contributed by atoms with E-state index in [9.17, 15) is 0 Å². The van der Waals surface area contributed by atoms with Crippen LogP contribution in [0.5, 0.6) is 0 Å². The quantitative estimate of drug-likeness (QED) is 0.139. The highest BCUT2D eigenvalue weighted by Gasteiger charge is 2.18. The molecule has 0 spiro atoms. The summed E-state index contributed by atoms with van der Waals surface area (Å²) < 4.78 is 0. The van der Waals surface area contributed by atoms with E-state index in [0.29, 0.717) is 0 Å². The van der Waals surface area contributed by atoms with Crippen LogP contribution in [0.25, 0.3) is 98.0 Å². The molecule has 10 aromatic rings. The van der Waals surface area contributed by atoms with Crippen LogP contribution in [-0.2, 0) is 0 Å². The van der Waals surface area contributed by atoms with Crippen molar-refractivity contribution in [1.29, 1.82) is 0 Å². The lowest BCUT2D eigenvalue weighted by atomic mass is 9.84. The molecule has 0 aliphatic heterocycles. The van der Waals surface area contributed by atoms with E-state index in [1.165, 1.54) is 98.0 Å². The number of hydrogen-bond donors (Lipinski definition) is 0. The van der Waals surface area contributed by atoms with Crippen LogP contribution >= 0.6 is 0 Å². The van der Waals surface area contributed by atoms with Crippen molar-refractivity contribution in [2.45, 2.75) is 0 Å². The summed E-state index contributed by atoms with van der Waals surface area (Å²) in [5, 5.41) is 15.3. The van der Waals surface area contributed by atoms with Gasteiger partial charge in [-0.25, -0.2) is 0 Å². The molecule has 0 bridgehead atoms. The predicted octanol–water partition coefficient (Wildman–Crippen LogP) is 13.6. The van der Waals surface area contributed by atoms with E-state index in [1.807, 2.05) is 0 Å². The molecule has 0 saturated heterocycles. The molecular formula is C48H30. The molecule has 0 atom stereocenters. The first-order valence-corrected chi connectivity index (χ1v) is 16.7. The molecule has 0 radical (unpaired) electrons. The number of rotatable bonds is 3. The van der Waals surface area contributed by atoms with Crippen LogP contribution in [0.4, 0.5) is 0 Å². The second kappa shape index (κ2) is 10.7. The lowest BCUT2D eigenvalue weighted by Crippen LogP contribution is -1.92. The van der Waals surface area contributed by atoms with Crippen LogP contribution in [0, 0.1) is 0 Å².